The molecule has 61 heavy (non-hydrogen) atoms. The highest BCUT2D eigenvalue weighted by atomic mass is 19.4. The number of nitrogens with two attached hydrogens (primary N) is 1. The summed E-state index contributed by atoms with van der Waals surface area (Å²) in [5.74, 6) is -1.71. The van der Waals surface area contributed by atoms with E-state index in [9.17, 15) is 41.9 Å². The number of primary amides is 1. The minimum Gasteiger partial charge on any atom is -0.379 e. The van der Waals surface area contributed by atoms with Crippen molar-refractivity contribution in [2.75, 3.05) is 85.6 Å². The van der Waals surface area contributed by atoms with Crippen molar-refractivity contribution in [1.82, 2.24) is 36.6 Å². The van der Waals surface area contributed by atoms with E-state index in [-0.39, 0.29) is 61.6 Å². The van der Waals surface area contributed by atoms with Crippen molar-refractivity contribution in [3.8, 4) is 0 Å². The Morgan fingerprint density at radius 2 is 1.44 bits per heavy atom. The fourth-order valence-electron chi connectivity index (χ4n) is 5.22. The molecule has 0 unspecified atom stereocenters. The van der Waals surface area contributed by atoms with Gasteiger partial charge in [0.2, 0.25) is 23.6 Å². The summed E-state index contributed by atoms with van der Waals surface area (Å²) in [6, 6.07) is 2.86. The van der Waals surface area contributed by atoms with Crippen LogP contribution in [0.15, 0.2) is 36.8 Å². The van der Waals surface area contributed by atoms with Gasteiger partial charge in [0.25, 0.3) is 0 Å². The molecule has 0 spiro atoms. The third-order valence-corrected chi connectivity index (χ3v) is 8.39. The van der Waals surface area contributed by atoms with E-state index < -0.39 is 35.5 Å². The number of Topliss-reactive ketones (excluding diaryl/α,β-unsaturated/α-hetero) is 2. The zero-order valence-corrected chi connectivity index (χ0v) is 35.3. The molecule has 0 aliphatic heterocycles. The molecule has 18 nitrogen and oxygen atoms in total. The largest absolute Gasteiger partial charge is 0.416 e. The Kier molecular flexibility index (Phi) is 29.2. The first-order valence-electron chi connectivity index (χ1n) is 20.1. The minimum absolute atomic E-state index is 0.00595. The Balaban J connectivity index is 0.000000719. The van der Waals surface area contributed by atoms with Gasteiger partial charge in [0.1, 0.15) is 12.4 Å². The first-order chi connectivity index (χ1) is 29.1. The van der Waals surface area contributed by atoms with Gasteiger partial charge in [-0.25, -0.2) is 4.98 Å². The minimum atomic E-state index is -4.54. The van der Waals surface area contributed by atoms with Crippen LogP contribution in [0, 0.1) is 0 Å². The maximum Gasteiger partial charge on any atom is 0.416 e. The quantitative estimate of drug-likeness (QED) is 0.0491. The van der Waals surface area contributed by atoms with Crippen molar-refractivity contribution in [2.24, 2.45) is 5.73 Å². The van der Waals surface area contributed by atoms with E-state index >= 15 is 0 Å². The number of ketones is 2. The van der Waals surface area contributed by atoms with Crippen LogP contribution >= 0.6 is 0 Å². The molecule has 1 heterocycles. The number of hydrogen-bond donors (Lipinski definition) is 7. The standard InChI is InChI=1S/C26H35F3N6O4.C14H28N2O6/c1-17(36)32-10-3-2-7-22(25(30)39)34-15-24(38)23(12-18-5-4-6-19(11-18)26(27,28)29)33-14-21(37)9-8-20-13-31-16-35-20;1-3-19-8-9-21-7-5-16-14(18)12-22-11-10-20-6-4-15-13(2)17/h4-6,11,13,16,22-23,33-34H,2-3,7-10,12,14-15H2,1H3,(H2,30,39)(H,31,35)(H,32,36);3-12H2,1-2H3,(H,15,17)(H,16,18)/t22-,23-;/m0./s1. The number of aryl methyl sites for hydroxylation is 1. The molecule has 4 amide bonds. The molecule has 0 saturated heterocycles. The summed E-state index contributed by atoms with van der Waals surface area (Å²) in [5.41, 5.74) is 5.66. The molecule has 0 aliphatic carbocycles. The molecule has 0 fully saturated rings. The molecule has 1 aromatic heterocycles. The first kappa shape index (κ1) is 54.2. The summed E-state index contributed by atoms with van der Waals surface area (Å²) in [7, 11) is 0. The van der Waals surface area contributed by atoms with Crippen molar-refractivity contribution in [2.45, 2.75) is 77.6 Å². The number of alkyl halides is 3. The molecular weight excluding hydrogens is 809 g/mol. The smallest absolute Gasteiger partial charge is 0.379 e. The number of halogens is 3. The second kappa shape index (κ2) is 32.9. The van der Waals surface area contributed by atoms with Gasteiger partial charge in [0.15, 0.2) is 5.78 Å². The lowest BCUT2D eigenvalue weighted by atomic mass is 9.99. The average molecular weight is 873 g/mol. The number of aromatic nitrogens is 2. The number of aromatic amines is 1. The summed E-state index contributed by atoms with van der Waals surface area (Å²) in [5, 5.41) is 13.6. The predicted molar refractivity (Wildman–Crippen MR) is 218 cm³/mol. The molecule has 2 atom stereocenters. The Morgan fingerprint density at radius 3 is 2.07 bits per heavy atom. The van der Waals surface area contributed by atoms with Gasteiger partial charge < -0.3 is 50.9 Å². The van der Waals surface area contributed by atoms with Crippen LogP contribution in [0.2, 0.25) is 0 Å². The summed E-state index contributed by atoms with van der Waals surface area (Å²) < 4.78 is 60.3. The van der Waals surface area contributed by atoms with Crippen LogP contribution in [-0.4, -0.2) is 143 Å². The van der Waals surface area contributed by atoms with Gasteiger partial charge in [-0.1, -0.05) is 18.2 Å². The van der Waals surface area contributed by atoms with Gasteiger partial charge >= 0.3 is 6.18 Å². The topological polar surface area (TPSA) is 254 Å². The van der Waals surface area contributed by atoms with E-state index in [0.29, 0.717) is 91.6 Å². The highest BCUT2D eigenvalue weighted by molar-refractivity contribution is 5.88. The molecule has 0 bridgehead atoms. The van der Waals surface area contributed by atoms with Gasteiger partial charge in [0, 0.05) is 58.4 Å². The number of unbranched alkanes of at least 4 members (excludes halogenated alkanes) is 1. The molecule has 0 aliphatic rings. The van der Waals surface area contributed by atoms with E-state index in [1.165, 1.54) is 32.3 Å². The molecule has 2 aromatic rings. The fourth-order valence-corrected chi connectivity index (χ4v) is 5.22. The Labute approximate surface area is 354 Å². The van der Waals surface area contributed by atoms with E-state index in [0.717, 1.165) is 17.8 Å². The van der Waals surface area contributed by atoms with E-state index in [1.807, 2.05) is 6.92 Å². The number of nitrogens with zero attached hydrogens (tertiary/aromatic N) is 1. The first-order valence-corrected chi connectivity index (χ1v) is 20.1. The molecular formula is C40H63F3N8O10. The van der Waals surface area contributed by atoms with Crippen LogP contribution in [0.1, 0.15) is 63.3 Å². The summed E-state index contributed by atoms with van der Waals surface area (Å²) in [6.45, 7) is 9.04. The van der Waals surface area contributed by atoms with Crippen LogP contribution in [-0.2, 0) is 66.7 Å². The monoisotopic (exact) mass is 872 g/mol. The van der Waals surface area contributed by atoms with Gasteiger partial charge in [-0.3, -0.25) is 34.1 Å². The number of rotatable bonds is 33. The Morgan fingerprint density at radius 1 is 0.803 bits per heavy atom. The van der Waals surface area contributed by atoms with Crippen molar-refractivity contribution in [3.63, 3.8) is 0 Å². The molecule has 0 saturated carbocycles. The fraction of sp³-hybridized carbons (Fsp3) is 0.625. The number of hydrogen-bond acceptors (Lipinski definition) is 13. The van der Waals surface area contributed by atoms with Crippen LogP contribution in [0.25, 0.3) is 0 Å². The number of H-pyrrole nitrogens is 1. The maximum absolute atomic E-state index is 13.2. The lowest BCUT2D eigenvalue weighted by Gasteiger charge is -2.21. The van der Waals surface area contributed by atoms with Crippen molar-refractivity contribution < 1.29 is 60.9 Å². The van der Waals surface area contributed by atoms with Crippen LogP contribution in [0.4, 0.5) is 13.2 Å². The molecule has 1 aromatic carbocycles. The number of imidazole rings is 1. The summed E-state index contributed by atoms with van der Waals surface area (Å²) >= 11 is 0. The molecule has 8 N–H and O–H groups in total. The number of carbonyl (C=O) groups excluding carboxylic acids is 6. The molecule has 0 radical (unpaired) electrons. The number of carbonyl (C=O) groups is 6. The molecule has 2 rings (SSSR count). The van der Waals surface area contributed by atoms with Crippen LogP contribution in [0.3, 0.4) is 0 Å². The molecule has 344 valence electrons. The van der Waals surface area contributed by atoms with Gasteiger partial charge in [-0.05, 0) is 50.7 Å². The van der Waals surface area contributed by atoms with Gasteiger partial charge in [-0.2, -0.15) is 13.2 Å². The summed E-state index contributed by atoms with van der Waals surface area (Å²) in [6.07, 6.45) is 0.582. The number of nitrogens with one attached hydrogen (secondary N) is 6. The normalized spacial score (nSPS) is 12.1. The lowest BCUT2D eigenvalue weighted by Crippen LogP contribution is -2.49. The number of ether oxygens (including phenoxy) is 4. The zero-order valence-electron chi connectivity index (χ0n) is 35.3. The highest BCUT2D eigenvalue weighted by Gasteiger charge is 2.31. The van der Waals surface area contributed by atoms with E-state index in [4.69, 9.17) is 24.7 Å². The molecule has 21 heteroatoms. The van der Waals surface area contributed by atoms with Crippen LogP contribution < -0.4 is 32.3 Å². The third-order valence-electron chi connectivity index (χ3n) is 8.39. The van der Waals surface area contributed by atoms with Crippen molar-refractivity contribution in [1.29, 1.82) is 0 Å². The van der Waals surface area contributed by atoms with Crippen molar-refractivity contribution >= 4 is 35.2 Å². The SMILES string of the molecule is CC(=O)NCCCC[C@H](NCC(=O)[C@H](Cc1cccc(C(F)(F)F)c1)NCC(=O)CCc1cnc[nH]1)C(N)=O.CCOCCOCCNC(=O)COCCOCCNC(C)=O. The third kappa shape index (κ3) is 29.2. The van der Waals surface area contributed by atoms with Crippen LogP contribution in [0.5, 0.6) is 0 Å². The van der Waals surface area contributed by atoms with E-state index in [2.05, 4.69) is 36.6 Å². The Bertz CT molecular complexity index is 1570. The van der Waals surface area contributed by atoms with E-state index in [1.54, 1.807) is 6.20 Å². The predicted octanol–water partition coefficient (Wildman–Crippen LogP) is 0.775. The van der Waals surface area contributed by atoms with Crippen molar-refractivity contribution in [3.05, 3.63) is 53.6 Å². The number of benzene rings is 1. The van der Waals surface area contributed by atoms with Gasteiger partial charge in [0.05, 0.1) is 76.7 Å². The van der Waals surface area contributed by atoms with Gasteiger partial charge in [-0.15, -0.1) is 0 Å². The second-order valence-electron chi connectivity index (χ2n) is 13.5. The maximum atomic E-state index is 13.2. The summed E-state index contributed by atoms with van der Waals surface area (Å²) in [4.78, 5) is 77.1. The lowest BCUT2D eigenvalue weighted by molar-refractivity contribution is -0.137. The second-order valence-corrected chi connectivity index (χ2v) is 13.5. The zero-order chi connectivity index (χ0) is 45.3. The number of amides is 4. The average Bonchev–Trinajstić information content (AvgIpc) is 3.74. The Hall–Kier alpha value is -4.80. The highest BCUT2D eigenvalue weighted by Crippen LogP contribution is 2.29.